The van der Waals surface area contributed by atoms with Gasteiger partial charge in [-0.15, -0.1) is 0 Å². The predicted molar refractivity (Wildman–Crippen MR) is 184 cm³/mol. The molecule has 3 saturated heterocycles. The Hall–Kier alpha value is -1.35. The summed E-state index contributed by atoms with van der Waals surface area (Å²) in [4.78, 5) is 11.0. The fourth-order valence-electron chi connectivity index (χ4n) is 8.69. The van der Waals surface area contributed by atoms with Crippen molar-refractivity contribution in [2.24, 2.45) is 23.7 Å². The fraction of sp³-hybridized carbons (Fsp3) is 0.914. The molecule has 3 aliphatic heterocycles. The summed E-state index contributed by atoms with van der Waals surface area (Å²) in [6.45, 7) is 0.434. The van der Waals surface area contributed by atoms with Crippen LogP contribution in [0.2, 0.25) is 0 Å². The largest absolute Gasteiger partial charge is 0.394 e. The number of ether oxygens (including phenoxy) is 3. The Balaban J connectivity index is 1.44. The normalized spacial score (nSPS) is 46.3. The van der Waals surface area contributed by atoms with E-state index in [1.807, 2.05) is 0 Å². The number of aliphatic hydroxyl groups excluding tert-OH is 15. The van der Waals surface area contributed by atoms with Gasteiger partial charge in [-0.3, -0.25) is 0 Å². The van der Waals surface area contributed by atoms with E-state index < -0.39 is 172 Å². The van der Waals surface area contributed by atoms with Gasteiger partial charge < -0.3 is 101 Å². The standard InChI is InChI=1S/C35H61NO19/c1-12-27(44)21(55-25(11-41)28(12)45)6-17-24(10-40)54-23(33(50)31(17)48)4-15-14(7-37)3-18(32(49)30(15)47)36-26-13(2)53-22(34(51)35(26)52)5-16(19(42)8-38)29(46)20(43)9-39/h3,9,12-13,15-38,40-52H,4-8,10-11H2,1-2H3/t12-,13-,15-,16-,17-,18?,19-,20+,21-,22-,23-,24-,25-,26-,27-,28+,29+,30+,31+,32+,33+,34+,35+/m1/s1. The average Bonchev–Trinajstić information content (AvgIpc) is 3.18. The molecule has 23 atom stereocenters. The van der Waals surface area contributed by atoms with Crippen molar-refractivity contribution in [1.29, 1.82) is 0 Å². The van der Waals surface area contributed by atoms with Crippen molar-refractivity contribution in [3.8, 4) is 0 Å². The van der Waals surface area contributed by atoms with Crippen molar-refractivity contribution in [3.05, 3.63) is 11.6 Å². The molecule has 0 aromatic heterocycles. The molecule has 3 fully saturated rings. The number of aldehydes is 1. The molecule has 16 N–H and O–H groups in total. The highest BCUT2D eigenvalue weighted by Crippen LogP contribution is 2.39. The number of carbonyl (C=O) groups is 1. The molecule has 0 aromatic carbocycles. The van der Waals surface area contributed by atoms with Gasteiger partial charge in [0.2, 0.25) is 0 Å². The maximum absolute atomic E-state index is 11.3. The van der Waals surface area contributed by atoms with Crippen LogP contribution in [0.5, 0.6) is 0 Å². The van der Waals surface area contributed by atoms with Crippen LogP contribution in [-0.4, -0.2) is 225 Å². The van der Waals surface area contributed by atoms with Gasteiger partial charge in [-0.1, -0.05) is 13.0 Å². The number of aliphatic hydroxyl groups is 15. The first-order chi connectivity index (χ1) is 25.9. The minimum absolute atomic E-state index is 0.0407. The lowest BCUT2D eigenvalue weighted by Crippen LogP contribution is -2.66. The minimum Gasteiger partial charge on any atom is -0.394 e. The van der Waals surface area contributed by atoms with Crippen molar-refractivity contribution in [2.75, 3.05) is 26.4 Å². The highest BCUT2D eigenvalue weighted by Gasteiger charge is 2.52. The number of rotatable bonds is 16. The maximum Gasteiger partial charge on any atom is 0.151 e. The smallest absolute Gasteiger partial charge is 0.151 e. The van der Waals surface area contributed by atoms with Crippen molar-refractivity contribution in [2.45, 2.75) is 149 Å². The van der Waals surface area contributed by atoms with Gasteiger partial charge in [0.05, 0.1) is 112 Å². The van der Waals surface area contributed by atoms with Gasteiger partial charge in [0.15, 0.2) is 6.29 Å². The van der Waals surface area contributed by atoms with Crippen LogP contribution in [0.3, 0.4) is 0 Å². The zero-order chi connectivity index (χ0) is 41.0. The Morgan fingerprint density at radius 2 is 1.27 bits per heavy atom. The second kappa shape index (κ2) is 20.1. The predicted octanol–water partition coefficient (Wildman–Crippen LogP) is -7.63. The van der Waals surface area contributed by atoms with Crippen LogP contribution in [0.15, 0.2) is 11.6 Å². The summed E-state index contributed by atoms with van der Waals surface area (Å²) in [7, 11) is 0. The molecule has 3 heterocycles. The highest BCUT2D eigenvalue weighted by molar-refractivity contribution is 5.56. The zero-order valence-corrected chi connectivity index (χ0v) is 30.7. The summed E-state index contributed by atoms with van der Waals surface area (Å²) in [5.74, 6) is -4.06. The molecule has 4 rings (SSSR count). The number of hydrogen-bond acceptors (Lipinski definition) is 20. The van der Waals surface area contributed by atoms with Crippen LogP contribution < -0.4 is 5.32 Å². The van der Waals surface area contributed by atoms with Gasteiger partial charge in [-0.05, 0) is 31.8 Å². The lowest BCUT2D eigenvalue weighted by molar-refractivity contribution is -0.242. The monoisotopic (exact) mass is 799 g/mol. The lowest BCUT2D eigenvalue weighted by atomic mass is 9.74. The first kappa shape index (κ1) is 46.3. The van der Waals surface area contributed by atoms with E-state index in [1.54, 1.807) is 6.92 Å². The summed E-state index contributed by atoms with van der Waals surface area (Å²) in [5.41, 5.74) is 0.186. The Morgan fingerprint density at radius 1 is 0.691 bits per heavy atom. The highest BCUT2D eigenvalue weighted by atomic mass is 16.5. The molecular weight excluding hydrogens is 738 g/mol. The molecule has 0 radical (unpaired) electrons. The van der Waals surface area contributed by atoms with Crippen LogP contribution in [0.25, 0.3) is 0 Å². The molecular formula is C35H61NO19. The van der Waals surface area contributed by atoms with Gasteiger partial charge in [-0.2, -0.15) is 0 Å². The second-order valence-electron chi connectivity index (χ2n) is 15.6. The zero-order valence-electron chi connectivity index (χ0n) is 30.7. The molecule has 1 unspecified atom stereocenters. The van der Waals surface area contributed by atoms with E-state index in [2.05, 4.69) is 5.32 Å². The Labute approximate surface area is 317 Å². The molecule has 0 saturated carbocycles. The molecule has 20 nitrogen and oxygen atoms in total. The Kier molecular flexibility index (Phi) is 16.9. The Morgan fingerprint density at radius 3 is 1.85 bits per heavy atom. The summed E-state index contributed by atoms with van der Waals surface area (Å²) >= 11 is 0. The summed E-state index contributed by atoms with van der Waals surface area (Å²) in [6.07, 6.45) is -23.2. The van der Waals surface area contributed by atoms with Crippen LogP contribution in [0, 0.1) is 23.7 Å². The molecule has 1 aliphatic carbocycles. The third-order valence-electron chi connectivity index (χ3n) is 12.2. The summed E-state index contributed by atoms with van der Waals surface area (Å²) < 4.78 is 17.6. The van der Waals surface area contributed by atoms with Crippen molar-refractivity contribution < 1.29 is 95.6 Å². The number of carbonyl (C=O) groups excluding carboxylic acids is 1. The summed E-state index contributed by atoms with van der Waals surface area (Å²) in [5, 5.41) is 161. The fourth-order valence-corrected chi connectivity index (χ4v) is 8.69. The van der Waals surface area contributed by atoms with Gasteiger partial charge in [0.25, 0.3) is 0 Å². The average molecular weight is 800 g/mol. The summed E-state index contributed by atoms with van der Waals surface area (Å²) in [6, 6.07) is -2.25. The first-order valence-electron chi connectivity index (χ1n) is 18.8. The van der Waals surface area contributed by atoms with Gasteiger partial charge in [0, 0.05) is 23.7 Å². The molecule has 4 aliphatic rings. The molecule has 320 valence electrons. The number of hydrogen-bond donors (Lipinski definition) is 16. The van der Waals surface area contributed by atoms with Crippen LogP contribution in [0.1, 0.15) is 33.1 Å². The molecule has 20 heteroatoms. The van der Waals surface area contributed by atoms with E-state index >= 15 is 0 Å². The van der Waals surface area contributed by atoms with E-state index in [9.17, 15) is 81.4 Å². The quantitative estimate of drug-likeness (QED) is 0.0509. The first-order valence-corrected chi connectivity index (χ1v) is 18.8. The molecule has 55 heavy (non-hydrogen) atoms. The lowest BCUT2D eigenvalue weighted by Gasteiger charge is -2.48. The Bertz CT molecular complexity index is 1230. The van der Waals surface area contributed by atoms with Gasteiger partial charge in [-0.25, -0.2) is 0 Å². The second-order valence-corrected chi connectivity index (χ2v) is 15.6. The van der Waals surface area contributed by atoms with E-state index in [-0.39, 0.29) is 24.7 Å². The molecule has 0 aromatic rings. The van der Waals surface area contributed by atoms with E-state index in [0.29, 0.717) is 0 Å². The van der Waals surface area contributed by atoms with Crippen LogP contribution >= 0.6 is 0 Å². The third kappa shape index (κ3) is 9.93. The minimum atomic E-state index is -1.91. The maximum atomic E-state index is 11.3. The van der Waals surface area contributed by atoms with Crippen molar-refractivity contribution in [1.82, 2.24) is 5.32 Å². The molecule has 0 spiro atoms. The van der Waals surface area contributed by atoms with E-state index in [0.717, 1.165) is 0 Å². The molecule has 0 bridgehead atoms. The van der Waals surface area contributed by atoms with Crippen LogP contribution in [0.4, 0.5) is 0 Å². The van der Waals surface area contributed by atoms with E-state index in [4.69, 9.17) is 14.2 Å². The van der Waals surface area contributed by atoms with Gasteiger partial charge in [0.1, 0.15) is 30.5 Å². The van der Waals surface area contributed by atoms with E-state index in [1.165, 1.54) is 13.0 Å². The van der Waals surface area contributed by atoms with Gasteiger partial charge >= 0.3 is 0 Å². The topological polar surface area (TPSA) is 360 Å². The SMILES string of the molecule is C[C@@H]1[C@@H](O)[C@@H](C[C@H]2[C@H](O)[C@@H](O)[C@@H](C[C@@H]3C(CO)=CC(N[C@H]4[C@H](O)[C@@H](O)[C@@H](C[C@@H]([C@H](O)[C@@H](O)C=O)[C@H](O)CO)O[C@@H]4C)[C@H](O)[C@H]3O)O[C@@H]2CO)O[C@H](CO)[C@H]1O. The van der Waals surface area contributed by atoms with Crippen molar-refractivity contribution >= 4 is 6.29 Å². The number of nitrogens with one attached hydrogen (secondary N) is 1. The third-order valence-corrected chi connectivity index (χ3v) is 12.2. The molecule has 0 amide bonds. The van der Waals surface area contributed by atoms with Crippen molar-refractivity contribution in [3.63, 3.8) is 0 Å². The van der Waals surface area contributed by atoms with Crippen LogP contribution in [-0.2, 0) is 19.0 Å².